The van der Waals surface area contributed by atoms with Gasteiger partial charge in [0.2, 0.25) is 13.1 Å². The lowest BCUT2D eigenvalue weighted by molar-refractivity contribution is -0.386. The van der Waals surface area contributed by atoms with Crippen LogP contribution >= 0.6 is 7.37 Å². The standard InChI is InChI=1S/C14H19N2O11P/c1-26-10-5-7(4-9(16(22)23)12(10)27-6-11(17)18)14(21)28(24,25)3-2-8(15)13(19)20/h4-5,8,14,21H,2-3,6,15H2,1H3,(H,17,18)(H,19,20)(H,24,25)/t8-,14?/m1/s1. The number of methoxy groups -OCH3 is 1. The summed E-state index contributed by atoms with van der Waals surface area (Å²) in [6.45, 7) is -0.912. The second-order valence-corrected chi connectivity index (χ2v) is 8.04. The number of carbonyl (C=O) groups is 2. The predicted octanol–water partition coefficient (Wildman–Crippen LogP) is 0.130. The lowest BCUT2D eigenvalue weighted by Crippen LogP contribution is -2.31. The molecule has 6 N–H and O–H groups in total. The van der Waals surface area contributed by atoms with E-state index in [9.17, 15) is 34.3 Å². The molecule has 1 rings (SSSR count). The number of ether oxygens (including phenoxy) is 2. The summed E-state index contributed by atoms with van der Waals surface area (Å²) in [4.78, 5) is 41.7. The van der Waals surface area contributed by atoms with Crippen molar-refractivity contribution >= 4 is 25.0 Å². The topological polar surface area (TPSA) is 220 Å². The number of benzene rings is 1. The number of nitrogens with zero attached hydrogens (tertiary/aromatic N) is 1. The normalized spacial score (nSPS) is 15.1. The number of aliphatic hydroxyl groups excluding tert-OH is 1. The molecule has 28 heavy (non-hydrogen) atoms. The summed E-state index contributed by atoms with van der Waals surface area (Å²) in [5.74, 6) is -5.78. The second kappa shape index (κ2) is 9.46. The average Bonchev–Trinajstić information content (AvgIpc) is 2.62. The first kappa shape index (κ1) is 23.3. The Labute approximate surface area is 157 Å². The smallest absolute Gasteiger partial charge is 0.341 e. The van der Waals surface area contributed by atoms with Crippen LogP contribution in [0, 0.1) is 10.1 Å². The maximum Gasteiger partial charge on any atom is 0.341 e. The Balaban J connectivity index is 3.27. The van der Waals surface area contributed by atoms with E-state index in [1.807, 2.05) is 0 Å². The summed E-state index contributed by atoms with van der Waals surface area (Å²) in [6.07, 6.45) is -1.08. The van der Waals surface area contributed by atoms with Crippen molar-refractivity contribution in [1.29, 1.82) is 0 Å². The van der Waals surface area contributed by atoms with Crippen LogP contribution in [0.1, 0.15) is 17.8 Å². The average molecular weight is 422 g/mol. The molecule has 0 fully saturated rings. The second-order valence-electron chi connectivity index (χ2n) is 5.60. The van der Waals surface area contributed by atoms with Gasteiger partial charge in [-0.25, -0.2) is 4.79 Å². The van der Waals surface area contributed by atoms with Crippen LogP contribution in [0.3, 0.4) is 0 Å². The highest BCUT2D eigenvalue weighted by atomic mass is 31.2. The monoisotopic (exact) mass is 422 g/mol. The van der Waals surface area contributed by atoms with Crippen molar-refractivity contribution < 1.29 is 48.8 Å². The van der Waals surface area contributed by atoms with Crippen molar-refractivity contribution in [3.63, 3.8) is 0 Å². The maximum atomic E-state index is 12.4. The molecule has 0 spiro atoms. The zero-order valence-electron chi connectivity index (χ0n) is 14.5. The van der Waals surface area contributed by atoms with Crippen LogP contribution in [0.5, 0.6) is 11.5 Å². The Morgan fingerprint density at radius 2 is 1.96 bits per heavy atom. The van der Waals surface area contributed by atoms with E-state index >= 15 is 0 Å². The zero-order chi connectivity index (χ0) is 21.6. The molecular formula is C14H19N2O11P. The fourth-order valence-electron chi connectivity index (χ4n) is 2.13. The molecule has 0 saturated carbocycles. The molecule has 1 aromatic rings. The van der Waals surface area contributed by atoms with E-state index in [4.69, 9.17) is 25.4 Å². The van der Waals surface area contributed by atoms with E-state index < -0.39 is 66.7 Å². The quantitative estimate of drug-likeness (QED) is 0.182. The van der Waals surface area contributed by atoms with Gasteiger partial charge in [-0.1, -0.05) is 0 Å². The fourth-order valence-corrected chi connectivity index (χ4v) is 3.63. The third-order valence-corrected chi connectivity index (χ3v) is 5.53. The van der Waals surface area contributed by atoms with Gasteiger partial charge in [-0.2, -0.15) is 0 Å². The molecule has 0 aromatic heterocycles. The number of nitrogens with two attached hydrogens (primary N) is 1. The summed E-state index contributed by atoms with van der Waals surface area (Å²) in [6, 6.07) is 0.294. The van der Waals surface area contributed by atoms with Crippen LogP contribution in [0.25, 0.3) is 0 Å². The summed E-state index contributed by atoms with van der Waals surface area (Å²) in [5, 5.41) is 38.9. The Morgan fingerprint density at radius 3 is 2.43 bits per heavy atom. The van der Waals surface area contributed by atoms with E-state index in [1.54, 1.807) is 0 Å². The first-order valence-corrected chi connectivity index (χ1v) is 9.51. The molecular weight excluding hydrogens is 403 g/mol. The fraction of sp³-hybridized carbons (Fsp3) is 0.429. The first-order chi connectivity index (χ1) is 12.9. The van der Waals surface area contributed by atoms with E-state index in [2.05, 4.69) is 0 Å². The summed E-state index contributed by atoms with van der Waals surface area (Å²) < 4.78 is 22.1. The Hall–Kier alpha value is -2.73. The predicted molar refractivity (Wildman–Crippen MR) is 92.7 cm³/mol. The molecule has 156 valence electrons. The third-order valence-electron chi connectivity index (χ3n) is 3.57. The van der Waals surface area contributed by atoms with Gasteiger partial charge in [-0.05, 0) is 12.5 Å². The molecule has 0 aliphatic rings. The van der Waals surface area contributed by atoms with Gasteiger partial charge < -0.3 is 35.4 Å². The van der Waals surface area contributed by atoms with Gasteiger partial charge in [-0.3, -0.25) is 19.5 Å². The van der Waals surface area contributed by atoms with Gasteiger partial charge in [0, 0.05) is 17.8 Å². The van der Waals surface area contributed by atoms with Gasteiger partial charge in [-0.15, -0.1) is 0 Å². The first-order valence-electron chi connectivity index (χ1n) is 7.59. The van der Waals surface area contributed by atoms with Crippen molar-refractivity contribution in [2.75, 3.05) is 19.9 Å². The number of aliphatic carboxylic acids is 2. The largest absolute Gasteiger partial charge is 0.493 e. The van der Waals surface area contributed by atoms with Crippen molar-refractivity contribution in [2.24, 2.45) is 5.73 Å². The number of rotatable bonds is 11. The van der Waals surface area contributed by atoms with Crippen LogP contribution in [-0.2, 0) is 14.2 Å². The Kier molecular flexibility index (Phi) is 7.88. The lowest BCUT2D eigenvalue weighted by atomic mass is 10.1. The van der Waals surface area contributed by atoms with E-state index in [1.165, 1.54) is 0 Å². The zero-order valence-corrected chi connectivity index (χ0v) is 15.4. The summed E-state index contributed by atoms with van der Waals surface area (Å²) in [5.41, 5.74) is 4.09. The van der Waals surface area contributed by atoms with Crippen molar-refractivity contribution in [3.8, 4) is 11.5 Å². The van der Waals surface area contributed by atoms with E-state index in [-0.39, 0.29) is 11.3 Å². The molecule has 0 saturated heterocycles. The van der Waals surface area contributed by atoms with Crippen LogP contribution in [0.15, 0.2) is 12.1 Å². The number of hydrogen-bond donors (Lipinski definition) is 5. The number of carboxylic acid groups (broad SMARTS) is 2. The molecule has 2 unspecified atom stereocenters. The maximum absolute atomic E-state index is 12.4. The Morgan fingerprint density at radius 1 is 1.36 bits per heavy atom. The van der Waals surface area contributed by atoms with E-state index in [0.29, 0.717) is 0 Å². The summed E-state index contributed by atoms with van der Waals surface area (Å²) >= 11 is 0. The minimum atomic E-state index is -4.43. The number of aliphatic hydroxyl groups is 1. The summed E-state index contributed by atoms with van der Waals surface area (Å²) in [7, 11) is -3.34. The van der Waals surface area contributed by atoms with Crippen LogP contribution in [-0.4, -0.2) is 63.0 Å². The highest BCUT2D eigenvalue weighted by Gasteiger charge is 2.34. The SMILES string of the molecule is COc1cc(C(O)P(=O)(O)CC[C@@H](N)C(=O)O)cc([N+](=O)[O-])c1OCC(=O)O. The lowest BCUT2D eigenvalue weighted by Gasteiger charge is -2.20. The van der Waals surface area contributed by atoms with Gasteiger partial charge in [0.25, 0.3) is 0 Å². The highest BCUT2D eigenvalue weighted by molar-refractivity contribution is 7.58. The molecule has 0 heterocycles. The van der Waals surface area contributed by atoms with Crippen molar-refractivity contribution in [3.05, 3.63) is 27.8 Å². The van der Waals surface area contributed by atoms with Crippen molar-refractivity contribution in [2.45, 2.75) is 18.3 Å². The van der Waals surface area contributed by atoms with E-state index in [0.717, 1.165) is 19.2 Å². The van der Waals surface area contributed by atoms with Crippen molar-refractivity contribution in [1.82, 2.24) is 0 Å². The van der Waals surface area contributed by atoms with Crippen LogP contribution in [0.4, 0.5) is 5.69 Å². The third kappa shape index (κ3) is 5.89. The Bertz CT molecular complexity index is 813. The van der Waals surface area contributed by atoms with Crippen LogP contribution < -0.4 is 15.2 Å². The van der Waals surface area contributed by atoms with Gasteiger partial charge in [0.15, 0.2) is 18.2 Å². The minimum absolute atomic E-state index is 0.341. The van der Waals surface area contributed by atoms with Crippen LogP contribution in [0.2, 0.25) is 0 Å². The molecule has 0 aliphatic carbocycles. The molecule has 0 amide bonds. The number of nitro benzene ring substituents is 1. The van der Waals surface area contributed by atoms with Gasteiger partial charge in [0.1, 0.15) is 6.04 Å². The highest BCUT2D eigenvalue weighted by Crippen LogP contribution is 2.56. The minimum Gasteiger partial charge on any atom is -0.493 e. The number of carboxylic acids is 2. The molecule has 0 bridgehead atoms. The number of hydrogen-bond acceptors (Lipinski definition) is 9. The molecule has 0 aliphatic heterocycles. The number of nitro groups is 1. The molecule has 13 nitrogen and oxygen atoms in total. The van der Waals surface area contributed by atoms with Gasteiger partial charge in [0.05, 0.1) is 12.0 Å². The molecule has 0 radical (unpaired) electrons. The molecule has 14 heteroatoms. The molecule has 3 atom stereocenters. The molecule has 1 aromatic carbocycles. The van der Waals surface area contributed by atoms with Gasteiger partial charge >= 0.3 is 17.6 Å².